The number of benzene rings is 3. The lowest BCUT2D eigenvalue weighted by Gasteiger charge is -2.34. The summed E-state index contributed by atoms with van der Waals surface area (Å²) in [5, 5.41) is 0. The largest absolute Gasteiger partial charge is 0.482 e. The normalized spacial score (nSPS) is 14.2. The summed E-state index contributed by atoms with van der Waals surface area (Å²) in [6.45, 7) is 7.57. The molecule has 1 heterocycles. The molecule has 0 saturated carbocycles. The number of fused-ring (bicyclic) bond motifs is 1. The molecule has 0 radical (unpaired) electrons. The van der Waals surface area contributed by atoms with Crippen LogP contribution in [-0.2, 0) is 44.7 Å². The summed E-state index contributed by atoms with van der Waals surface area (Å²) >= 11 is 0. The second kappa shape index (κ2) is 16.5. The van der Waals surface area contributed by atoms with Gasteiger partial charge >= 0.3 is 47.8 Å². The zero-order chi connectivity index (χ0) is 39.1. The Hall–Kier alpha value is -6.78. The van der Waals surface area contributed by atoms with E-state index in [9.17, 15) is 38.4 Å². The average molecular weight is 737 g/mol. The zero-order valence-corrected chi connectivity index (χ0v) is 29.3. The number of ether oxygens (including phenoxy) is 9. The van der Waals surface area contributed by atoms with E-state index in [4.69, 9.17) is 42.6 Å². The van der Waals surface area contributed by atoms with Crippen molar-refractivity contribution in [2.75, 3.05) is 0 Å². The number of rotatable bonds is 10. The molecule has 3 aromatic rings. The molecule has 2 atom stereocenters. The summed E-state index contributed by atoms with van der Waals surface area (Å²) in [5.74, 6) is -8.84. The minimum Gasteiger partial charge on any atom is -0.482 e. The Morgan fingerprint density at radius 1 is 0.528 bits per heavy atom. The Morgan fingerprint density at radius 2 is 0.943 bits per heavy atom. The maximum atomic E-state index is 13.9. The van der Waals surface area contributed by atoms with Gasteiger partial charge in [-0.15, -0.1) is 0 Å². The van der Waals surface area contributed by atoms with Crippen LogP contribution in [0.3, 0.4) is 0 Å². The maximum Gasteiger partial charge on any atom is 0.338 e. The van der Waals surface area contributed by atoms with Crippen LogP contribution in [0.4, 0.5) is 0 Å². The van der Waals surface area contributed by atoms with Crippen LogP contribution in [0.25, 0.3) is 0 Å². The van der Waals surface area contributed by atoms with Gasteiger partial charge in [0, 0.05) is 66.0 Å². The highest BCUT2D eigenvalue weighted by molar-refractivity contribution is 5.92. The third kappa shape index (κ3) is 10.4. The first-order valence-corrected chi connectivity index (χ1v) is 15.6. The van der Waals surface area contributed by atoms with E-state index in [1.54, 1.807) is 0 Å². The number of hydrogen-bond donors (Lipinski definition) is 0. The maximum absolute atomic E-state index is 13.9. The summed E-state index contributed by atoms with van der Waals surface area (Å²) < 4.78 is 48.7. The summed E-state index contributed by atoms with van der Waals surface area (Å²) in [5.41, 5.74) is 0.187. The Balaban J connectivity index is 1.88. The first-order chi connectivity index (χ1) is 24.9. The summed E-state index contributed by atoms with van der Waals surface area (Å²) in [4.78, 5) is 97.4. The molecule has 0 unspecified atom stereocenters. The van der Waals surface area contributed by atoms with E-state index in [1.165, 1.54) is 37.3 Å². The second-order valence-electron chi connectivity index (χ2n) is 11.3. The van der Waals surface area contributed by atoms with Crippen molar-refractivity contribution in [3.63, 3.8) is 0 Å². The van der Waals surface area contributed by atoms with Crippen LogP contribution in [0.2, 0.25) is 0 Å². The lowest BCUT2D eigenvalue weighted by molar-refractivity contribution is -0.135. The molecule has 1 aliphatic rings. The smallest absolute Gasteiger partial charge is 0.338 e. The molecule has 17 heteroatoms. The van der Waals surface area contributed by atoms with E-state index in [0.717, 1.165) is 53.7 Å². The molecule has 0 amide bonds. The fourth-order valence-corrected chi connectivity index (χ4v) is 5.05. The highest BCUT2D eigenvalue weighted by atomic mass is 16.6. The Morgan fingerprint density at radius 3 is 1.36 bits per heavy atom. The van der Waals surface area contributed by atoms with Crippen molar-refractivity contribution in [2.24, 2.45) is 0 Å². The predicted octanol–water partition coefficient (Wildman–Crippen LogP) is 4.07. The van der Waals surface area contributed by atoms with Gasteiger partial charge in [-0.05, 0) is 42.5 Å². The second-order valence-corrected chi connectivity index (χ2v) is 11.3. The molecule has 4 rings (SSSR count). The monoisotopic (exact) mass is 736 g/mol. The first-order valence-electron chi connectivity index (χ1n) is 15.6. The van der Waals surface area contributed by atoms with E-state index < -0.39 is 83.0 Å². The van der Waals surface area contributed by atoms with Gasteiger partial charge < -0.3 is 42.6 Å². The third-order valence-corrected chi connectivity index (χ3v) is 6.70. The molecule has 0 saturated heterocycles. The van der Waals surface area contributed by atoms with Gasteiger partial charge in [0.1, 0.15) is 17.6 Å². The predicted molar refractivity (Wildman–Crippen MR) is 175 cm³/mol. The first kappa shape index (κ1) is 39.0. The van der Waals surface area contributed by atoms with Crippen LogP contribution in [0, 0.1) is 0 Å². The summed E-state index contributed by atoms with van der Waals surface area (Å²) in [7, 11) is 0. The molecule has 3 aromatic carbocycles. The van der Waals surface area contributed by atoms with E-state index in [0.29, 0.717) is 5.56 Å². The molecule has 1 aliphatic heterocycles. The minimum atomic E-state index is -1.28. The van der Waals surface area contributed by atoms with Gasteiger partial charge in [-0.2, -0.15) is 0 Å². The van der Waals surface area contributed by atoms with Crippen molar-refractivity contribution < 1.29 is 81.0 Å². The Labute approximate surface area is 300 Å². The van der Waals surface area contributed by atoms with Crippen molar-refractivity contribution >= 4 is 47.8 Å². The molecule has 0 aromatic heterocycles. The highest BCUT2D eigenvalue weighted by Gasteiger charge is 2.37. The van der Waals surface area contributed by atoms with Gasteiger partial charge in [-0.1, -0.05) is 0 Å². The molecular weight excluding hydrogens is 704 g/mol. The minimum absolute atomic E-state index is 0.0997. The number of carbonyl (C=O) groups excluding carboxylic acids is 8. The van der Waals surface area contributed by atoms with Gasteiger partial charge in [0.05, 0.1) is 5.56 Å². The topological polar surface area (TPSA) is 220 Å². The standard InChI is InChI=1S/C36H32O17/c1-16(37)45-26-8-9-27-23(10-26)11-28(33(52-27)24-12-29(46-17(2)38)34(50-21(6)42)30(13-24)47-18(3)39)53-36(44)25-14-31(48-19(4)40)35(51-22(7)43)32(15-25)49-20(5)41/h8-10,12-15,28,33H,11H2,1-7H3/t28-,33-/m0/s1. The van der Waals surface area contributed by atoms with E-state index >= 15 is 0 Å². The molecule has 278 valence electrons. The van der Waals surface area contributed by atoms with E-state index in [2.05, 4.69) is 0 Å². The summed E-state index contributed by atoms with van der Waals surface area (Å²) in [6, 6.07) is 8.98. The van der Waals surface area contributed by atoms with Crippen LogP contribution in [0.15, 0.2) is 42.5 Å². The van der Waals surface area contributed by atoms with Crippen LogP contribution in [-0.4, -0.2) is 53.9 Å². The van der Waals surface area contributed by atoms with Crippen LogP contribution < -0.4 is 37.9 Å². The molecule has 0 bridgehead atoms. The lowest BCUT2D eigenvalue weighted by Crippen LogP contribution is -2.35. The SMILES string of the molecule is CC(=O)Oc1ccc2c(c1)C[C@H](OC(=O)c1cc(OC(C)=O)c(OC(C)=O)c(OC(C)=O)c1)[C@H](c1cc(OC(C)=O)c(OC(C)=O)c(OC(C)=O)c1)O2. The molecule has 17 nitrogen and oxygen atoms in total. The molecule has 0 fully saturated rings. The average Bonchev–Trinajstić information content (AvgIpc) is 3.01. The Kier molecular flexibility index (Phi) is 12.1. The highest BCUT2D eigenvalue weighted by Crippen LogP contribution is 2.46. The zero-order valence-electron chi connectivity index (χ0n) is 29.3. The Bertz CT molecular complexity index is 1950. The van der Waals surface area contributed by atoms with Crippen LogP contribution in [0.1, 0.15) is 76.1 Å². The van der Waals surface area contributed by atoms with Crippen molar-refractivity contribution in [2.45, 2.75) is 67.1 Å². The molecule has 0 aliphatic carbocycles. The van der Waals surface area contributed by atoms with E-state index in [1.807, 2.05) is 0 Å². The lowest BCUT2D eigenvalue weighted by atomic mass is 9.93. The van der Waals surface area contributed by atoms with Crippen molar-refractivity contribution in [1.82, 2.24) is 0 Å². The molecule has 0 N–H and O–H groups in total. The number of carbonyl (C=O) groups is 8. The molecule has 0 spiro atoms. The van der Waals surface area contributed by atoms with Crippen LogP contribution >= 0.6 is 0 Å². The van der Waals surface area contributed by atoms with Gasteiger partial charge in [-0.25, -0.2) is 4.79 Å². The van der Waals surface area contributed by atoms with Gasteiger partial charge in [-0.3, -0.25) is 33.6 Å². The van der Waals surface area contributed by atoms with Gasteiger partial charge in [0.2, 0.25) is 11.5 Å². The number of hydrogen-bond acceptors (Lipinski definition) is 17. The van der Waals surface area contributed by atoms with Crippen molar-refractivity contribution in [1.29, 1.82) is 0 Å². The fourth-order valence-electron chi connectivity index (χ4n) is 5.05. The van der Waals surface area contributed by atoms with Gasteiger partial charge in [0.15, 0.2) is 29.1 Å². The number of esters is 8. The van der Waals surface area contributed by atoms with Crippen molar-refractivity contribution in [3.8, 4) is 46.0 Å². The van der Waals surface area contributed by atoms with Gasteiger partial charge in [0.25, 0.3) is 0 Å². The van der Waals surface area contributed by atoms with Crippen molar-refractivity contribution in [3.05, 3.63) is 59.2 Å². The van der Waals surface area contributed by atoms with Crippen LogP contribution in [0.5, 0.6) is 46.0 Å². The molecular formula is C36H32O17. The third-order valence-electron chi connectivity index (χ3n) is 6.70. The fraction of sp³-hybridized carbons (Fsp3) is 0.278. The summed E-state index contributed by atoms with van der Waals surface area (Å²) in [6.07, 6.45) is -2.64. The quantitative estimate of drug-likeness (QED) is 0.211. The van der Waals surface area contributed by atoms with E-state index in [-0.39, 0.29) is 40.5 Å². The molecule has 53 heavy (non-hydrogen) atoms.